The van der Waals surface area contributed by atoms with Crippen molar-refractivity contribution in [1.82, 2.24) is 30.9 Å². The second-order valence-electron chi connectivity index (χ2n) is 10.3. The van der Waals surface area contributed by atoms with Crippen LogP contribution in [0.3, 0.4) is 0 Å². The standard InChI is InChI=1S/C27H37N7O6/c1-14(2)8-21(32-24(36)19(28)10-17-12-29-13-31-17)25(37)33-22(26(38)34-23(15(3)35)27(39)40)9-16-11-30-20-7-5-4-6-18(16)20/h4-7,11-15,19,21-23,30,35H,8-10,28H2,1-3H3,(H,29,31)(H,32,36)(H,33,37)(H,34,38)(H,39,40). The second kappa shape index (κ2) is 13.7. The summed E-state index contributed by atoms with van der Waals surface area (Å²) in [6.45, 7) is 5.01. The molecule has 3 aromatic rings. The maximum Gasteiger partial charge on any atom is 0.328 e. The molecule has 0 fully saturated rings. The number of carboxylic acid groups (broad SMARTS) is 1. The van der Waals surface area contributed by atoms with E-state index >= 15 is 0 Å². The number of H-pyrrole nitrogens is 2. The molecule has 40 heavy (non-hydrogen) atoms. The van der Waals surface area contributed by atoms with Crippen LogP contribution in [0.2, 0.25) is 0 Å². The zero-order valence-electron chi connectivity index (χ0n) is 22.7. The third kappa shape index (κ3) is 8.13. The van der Waals surface area contributed by atoms with Gasteiger partial charge < -0.3 is 41.9 Å². The van der Waals surface area contributed by atoms with Gasteiger partial charge in [0, 0.05) is 41.8 Å². The number of aliphatic hydroxyl groups is 1. The molecule has 13 heteroatoms. The zero-order valence-corrected chi connectivity index (χ0v) is 22.7. The molecule has 216 valence electrons. The minimum atomic E-state index is -1.58. The Labute approximate surface area is 231 Å². The van der Waals surface area contributed by atoms with Gasteiger partial charge in [-0.15, -0.1) is 0 Å². The summed E-state index contributed by atoms with van der Waals surface area (Å²) in [5, 5.41) is 27.8. The van der Waals surface area contributed by atoms with Crippen molar-refractivity contribution in [3.63, 3.8) is 0 Å². The van der Waals surface area contributed by atoms with Gasteiger partial charge >= 0.3 is 5.97 Å². The average molecular weight is 556 g/mol. The largest absolute Gasteiger partial charge is 0.480 e. The molecule has 0 saturated heterocycles. The maximum atomic E-state index is 13.5. The van der Waals surface area contributed by atoms with Gasteiger partial charge in [-0.1, -0.05) is 32.0 Å². The molecule has 0 radical (unpaired) electrons. The second-order valence-corrected chi connectivity index (χ2v) is 10.3. The van der Waals surface area contributed by atoms with E-state index in [-0.39, 0.29) is 25.2 Å². The number of imidazole rings is 1. The first kappa shape index (κ1) is 30.3. The number of aliphatic hydroxyl groups excluding tert-OH is 1. The van der Waals surface area contributed by atoms with Crippen LogP contribution < -0.4 is 21.7 Å². The number of rotatable bonds is 14. The van der Waals surface area contributed by atoms with Crippen LogP contribution in [0, 0.1) is 5.92 Å². The van der Waals surface area contributed by atoms with E-state index in [1.807, 2.05) is 38.1 Å². The van der Waals surface area contributed by atoms with Crippen molar-refractivity contribution in [3.8, 4) is 0 Å². The highest BCUT2D eigenvalue weighted by molar-refractivity contribution is 5.95. The molecule has 0 bridgehead atoms. The highest BCUT2D eigenvalue weighted by Crippen LogP contribution is 2.19. The number of carbonyl (C=O) groups is 4. The van der Waals surface area contributed by atoms with E-state index in [0.29, 0.717) is 11.3 Å². The van der Waals surface area contributed by atoms with Crippen molar-refractivity contribution in [2.24, 2.45) is 11.7 Å². The van der Waals surface area contributed by atoms with Crippen molar-refractivity contribution in [3.05, 3.63) is 54.2 Å². The molecule has 9 N–H and O–H groups in total. The molecule has 0 aliphatic rings. The summed E-state index contributed by atoms with van der Waals surface area (Å²) in [6, 6.07) is 2.66. The highest BCUT2D eigenvalue weighted by Gasteiger charge is 2.32. The van der Waals surface area contributed by atoms with Crippen LogP contribution in [0.1, 0.15) is 38.4 Å². The number of carboxylic acids is 1. The molecule has 2 heterocycles. The monoisotopic (exact) mass is 555 g/mol. The number of aromatic nitrogens is 3. The molecule has 0 aliphatic heterocycles. The number of hydrogen-bond acceptors (Lipinski definition) is 7. The van der Waals surface area contributed by atoms with Crippen LogP contribution in [0.4, 0.5) is 0 Å². The fraction of sp³-hybridized carbons (Fsp3) is 0.444. The molecule has 0 spiro atoms. The fourth-order valence-corrected chi connectivity index (χ4v) is 4.35. The van der Waals surface area contributed by atoms with Gasteiger partial charge in [-0.2, -0.15) is 0 Å². The Balaban J connectivity index is 1.82. The van der Waals surface area contributed by atoms with Crippen LogP contribution in [0.5, 0.6) is 0 Å². The number of nitrogens with zero attached hydrogens (tertiary/aromatic N) is 1. The molecule has 13 nitrogen and oxygen atoms in total. The highest BCUT2D eigenvalue weighted by atomic mass is 16.4. The SMILES string of the molecule is CC(C)CC(NC(=O)C(N)Cc1cnc[nH]1)C(=O)NC(Cc1c[nH]c2ccccc12)C(=O)NC(C(=O)O)C(C)O. The lowest BCUT2D eigenvalue weighted by molar-refractivity contribution is -0.145. The Hall–Kier alpha value is -4.23. The molecular weight excluding hydrogens is 518 g/mol. The first-order chi connectivity index (χ1) is 19.0. The summed E-state index contributed by atoms with van der Waals surface area (Å²) in [4.78, 5) is 61.1. The molecular formula is C27H37N7O6. The van der Waals surface area contributed by atoms with Gasteiger partial charge in [0.1, 0.15) is 12.1 Å². The third-order valence-corrected chi connectivity index (χ3v) is 6.45. The summed E-state index contributed by atoms with van der Waals surface area (Å²) >= 11 is 0. The number of nitrogens with two attached hydrogens (primary N) is 1. The Morgan fingerprint density at radius 2 is 1.62 bits per heavy atom. The first-order valence-corrected chi connectivity index (χ1v) is 13.1. The number of amides is 3. The van der Waals surface area contributed by atoms with Crippen molar-refractivity contribution < 1.29 is 29.4 Å². The predicted molar refractivity (Wildman–Crippen MR) is 147 cm³/mol. The van der Waals surface area contributed by atoms with E-state index in [1.54, 1.807) is 12.4 Å². The minimum Gasteiger partial charge on any atom is -0.480 e. The lowest BCUT2D eigenvalue weighted by Gasteiger charge is -2.26. The lowest BCUT2D eigenvalue weighted by Crippen LogP contribution is -2.59. The molecule has 3 amide bonds. The predicted octanol–water partition coefficient (Wildman–Crippen LogP) is -0.0306. The smallest absolute Gasteiger partial charge is 0.328 e. The maximum absolute atomic E-state index is 13.5. The van der Waals surface area contributed by atoms with Crippen LogP contribution in [0.25, 0.3) is 10.9 Å². The number of aromatic amines is 2. The molecule has 0 aliphatic carbocycles. The molecule has 5 unspecified atom stereocenters. The molecule has 5 atom stereocenters. The number of aliphatic carboxylic acids is 1. The number of fused-ring (bicyclic) bond motifs is 1. The van der Waals surface area contributed by atoms with Gasteiger partial charge in [-0.25, -0.2) is 9.78 Å². The molecule has 0 saturated carbocycles. The van der Waals surface area contributed by atoms with Crippen molar-refractivity contribution in [2.45, 2.75) is 70.3 Å². The quantitative estimate of drug-likeness (QED) is 0.135. The van der Waals surface area contributed by atoms with E-state index in [4.69, 9.17) is 5.73 Å². The summed E-state index contributed by atoms with van der Waals surface area (Å²) in [7, 11) is 0. The topological polar surface area (TPSA) is 215 Å². The normalized spacial score (nSPS) is 15.2. The van der Waals surface area contributed by atoms with Gasteiger partial charge in [0.15, 0.2) is 6.04 Å². The Morgan fingerprint density at radius 3 is 2.25 bits per heavy atom. The summed E-state index contributed by atoms with van der Waals surface area (Å²) in [5.74, 6) is -3.38. The Morgan fingerprint density at radius 1 is 0.950 bits per heavy atom. The van der Waals surface area contributed by atoms with Gasteiger partial charge in [0.05, 0.1) is 18.5 Å². The summed E-state index contributed by atoms with van der Waals surface area (Å²) in [5.41, 5.74) is 8.25. The van der Waals surface area contributed by atoms with Crippen LogP contribution in [-0.2, 0) is 32.0 Å². The van der Waals surface area contributed by atoms with E-state index in [0.717, 1.165) is 10.9 Å². The number of benzene rings is 1. The van der Waals surface area contributed by atoms with Crippen LogP contribution in [0.15, 0.2) is 43.0 Å². The summed E-state index contributed by atoms with van der Waals surface area (Å²) < 4.78 is 0. The fourth-order valence-electron chi connectivity index (χ4n) is 4.35. The van der Waals surface area contributed by atoms with Gasteiger partial charge in [-0.3, -0.25) is 14.4 Å². The molecule has 1 aromatic carbocycles. The van der Waals surface area contributed by atoms with Gasteiger partial charge in [0.25, 0.3) is 0 Å². The van der Waals surface area contributed by atoms with E-state index in [2.05, 4.69) is 30.9 Å². The lowest BCUT2D eigenvalue weighted by atomic mass is 10.00. The minimum absolute atomic E-state index is 0.00686. The molecule has 2 aromatic heterocycles. The van der Waals surface area contributed by atoms with Crippen molar-refractivity contribution in [1.29, 1.82) is 0 Å². The zero-order chi connectivity index (χ0) is 29.4. The summed E-state index contributed by atoms with van der Waals surface area (Å²) in [6.07, 6.45) is 3.83. The van der Waals surface area contributed by atoms with Gasteiger partial charge in [0.2, 0.25) is 17.7 Å². The van der Waals surface area contributed by atoms with Crippen LogP contribution in [-0.4, -0.2) is 79.1 Å². The Bertz CT molecular complexity index is 1300. The van der Waals surface area contributed by atoms with E-state index in [1.165, 1.54) is 13.3 Å². The van der Waals surface area contributed by atoms with E-state index < -0.39 is 54.0 Å². The van der Waals surface area contributed by atoms with E-state index in [9.17, 15) is 29.4 Å². The number of hydrogen-bond donors (Lipinski definition) is 8. The first-order valence-electron chi connectivity index (χ1n) is 13.1. The van der Waals surface area contributed by atoms with Crippen molar-refractivity contribution in [2.75, 3.05) is 0 Å². The average Bonchev–Trinajstić information content (AvgIpc) is 3.55. The van der Waals surface area contributed by atoms with Gasteiger partial charge in [-0.05, 0) is 30.9 Å². The Kier molecular flexibility index (Phi) is 10.4. The van der Waals surface area contributed by atoms with Crippen LogP contribution >= 0.6 is 0 Å². The third-order valence-electron chi connectivity index (χ3n) is 6.45. The number of carbonyl (C=O) groups excluding carboxylic acids is 3. The number of para-hydroxylation sites is 1. The number of nitrogens with one attached hydrogen (secondary N) is 5. The molecule has 3 rings (SSSR count). The van der Waals surface area contributed by atoms with Crippen molar-refractivity contribution >= 4 is 34.6 Å².